The molecule has 0 aliphatic rings. The molecule has 33 heavy (non-hydrogen) atoms. The Morgan fingerprint density at radius 2 is 1.76 bits per heavy atom. The predicted molar refractivity (Wildman–Crippen MR) is 131 cm³/mol. The van der Waals surface area contributed by atoms with Gasteiger partial charge in [0.1, 0.15) is 23.0 Å². The van der Waals surface area contributed by atoms with Crippen molar-refractivity contribution in [1.29, 1.82) is 0 Å². The lowest BCUT2D eigenvalue weighted by Crippen LogP contribution is -2.30. The van der Waals surface area contributed by atoms with E-state index in [0.29, 0.717) is 39.9 Å². The van der Waals surface area contributed by atoms with Crippen molar-refractivity contribution in [3.63, 3.8) is 0 Å². The van der Waals surface area contributed by atoms with E-state index >= 15 is 0 Å². The van der Waals surface area contributed by atoms with Gasteiger partial charge in [-0.2, -0.15) is 0 Å². The highest BCUT2D eigenvalue weighted by Gasteiger charge is 2.26. The van der Waals surface area contributed by atoms with Gasteiger partial charge in [-0.05, 0) is 43.2 Å². The first kappa shape index (κ1) is 22.7. The number of halogens is 2. The van der Waals surface area contributed by atoms with Crippen molar-refractivity contribution in [2.75, 3.05) is 0 Å². The Morgan fingerprint density at radius 1 is 1.03 bits per heavy atom. The molecule has 6 heteroatoms. The van der Waals surface area contributed by atoms with Gasteiger partial charge < -0.3 is 9.88 Å². The lowest BCUT2D eigenvalue weighted by atomic mass is 10.0. The van der Waals surface area contributed by atoms with Crippen LogP contribution in [0.1, 0.15) is 42.4 Å². The summed E-state index contributed by atoms with van der Waals surface area (Å²) in [6.45, 7) is 4.47. The summed E-state index contributed by atoms with van der Waals surface area (Å²) < 4.78 is 15.9. The Bertz CT molecular complexity index is 1270. The second kappa shape index (κ2) is 10.0. The summed E-state index contributed by atoms with van der Waals surface area (Å²) in [5.74, 6) is -0.0854. The number of aromatic nitrogens is 2. The van der Waals surface area contributed by atoms with E-state index in [9.17, 15) is 9.18 Å². The minimum atomic E-state index is -0.389. The SMILES string of the molecule is CCC(NC(=O)c1c(-c2cccc(F)c2)nc(-c2ccccc2Cl)n1CC)c1ccccc1. The zero-order valence-corrected chi connectivity index (χ0v) is 19.3. The molecule has 3 aromatic carbocycles. The third kappa shape index (κ3) is 4.69. The van der Waals surface area contributed by atoms with E-state index in [0.717, 1.165) is 12.0 Å². The standard InChI is InChI=1S/C27H25ClFN3O/c1-3-23(18-11-6-5-7-12-18)30-27(33)25-24(19-13-10-14-20(29)17-19)31-26(32(25)4-2)21-15-8-9-16-22(21)28/h5-17,23H,3-4H2,1-2H3,(H,30,33). The van der Waals surface area contributed by atoms with Crippen molar-refractivity contribution < 1.29 is 9.18 Å². The Kier molecular flexibility index (Phi) is 6.90. The smallest absolute Gasteiger partial charge is 0.270 e. The lowest BCUT2D eigenvalue weighted by molar-refractivity contribution is 0.0927. The largest absolute Gasteiger partial charge is 0.344 e. The van der Waals surface area contributed by atoms with Crippen molar-refractivity contribution in [2.24, 2.45) is 0 Å². The highest BCUT2D eigenvalue weighted by Crippen LogP contribution is 2.33. The molecule has 4 nitrogen and oxygen atoms in total. The highest BCUT2D eigenvalue weighted by atomic mass is 35.5. The van der Waals surface area contributed by atoms with E-state index in [2.05, 4.69) is 5.32 Å². The average molecular weight is 462 g/mol. The van der Waals surface area contributed by atoms with Crippen LogP contribution in [-0.4, -0.2) is 15.5 Å². The number of rotatable bonds is 7. The van der Waals surface area contributed by atoms with Gasteiger partial charge in [-0.25, -0.2) is 9.37 Å². The Hall–Kier alpha value is -3.44. The van der Waals surface area contributed by atoms with Crippen LogP contribution in [0.4, 0.5) is 4.39 Å². The molecule has 0 aliphatic heterocycles. The van der Waals surface area contributed by atoms with Crippen LogP contribution in [0.2, 0.25) is 5.02 Å². The van der Waals surface area contributed by atoms with Crippen molar-refractivity contribution in [1.82, 2.24) is 14.9 Å². The molecule has 0 radical (unpaired) electrons. The molecule has 1 N–H and O–H groups in total. The minimum absolute atomic E-state index is 0.164. The van der Waals surface area contributed by atoms with Gasteiger partial charge in [0.25, 0.3) is 5.91 Å². The monoisotopic (exact) mass is 461 g/mol. The molecule has 0 bridgehead atoms. The van der Waals surface area contributed by atoms with Gasteiger partial charge in [0.05, 0.1) is 11.1 Å². The zero-order chi connectivity index (χ0) is 23.4. The van der Waals surface area contributed by atoms with E-state index in [1.807, 2.05) is 66.9 Å². The quantitative estimate of drug-likeness (QED) is 0.325. The average Bonchev–Trinajstić information content (AvgIpc) is 3.23. The Balaban J connectivity index is 1.86. The van der Waals surface area contributed by atoms with E-state index in [-0.39, 0.29) is 17.8 Å². The molecule has 1 aromatic heterocycles. The summed E-state index contributed by atoms with van der Waals surface area (Å²) in [7, 11) is 0. The van der Waals surface area contributed by atoms with Gasteiger partial charge in [0.2, 0.25) is 0 Å². The number of benzene rings is 3. The maximum atomic E-state index is 14.1. The van der Waals surface area contributed by atoms with Gasteiger partial charge in [0, 0.05) is 17.7 Å². The van der Waals surface area contributed by atoms with Gasteiger partial charge in [-0.3, -0.25) is 4.79 Å². The van der Waals surface area contributed by atoms with E-state index < -0.39 is 0 Å². The van der Waals surface area contributed by atoms with Crippen LogP contribution in [0.5, 0.6) is 0 Å². The molecular weight excluding hydrogens is 437 g/mol. The molecule has 168 valence electrons. The number of hydrogen-bond acceptors (Lipinski definition) is 2. The summed E-state index contributed by atoms with van der Waals surface area (Å²) in [5.41, 5.74) is 3.08. The fourth-order valence-corrected chi connectivity index (χ4v) is 4.23. The Morgan fingerprint density at radius 3 is 2.42 bits per heavy atom. The first-order valence-electron chi connectivity index (χ1n) is 11.0. The van der Waals surface area contributed by atoms with Crippen molar-refractivity contribution in [3.8, 4) is 22.6 Å². The van der Waals surface area contributed by atoms with Crippen molar-refractivity contribution in [2.45, 2.75) is 32.9 Å². The number of imidazole rings is 1. The second-order valence-electron chi connectivity index (χ2n) is 7.71. The summed E-state index contributed by atoms with van der Waals surface area (Å²) in [6, 6.07) is 23.2. The van der Waals surface area contributed by atoms with Crippen LogP contribution in [-0.2, 0) is 6.54 Å². The maximum Gasteiger partial charge on any atom is 0.270 e. The summed E-state index contributed by atoms with van der Waals surface area (Å²) >= 11 is 6.47. The molecule has 1 atom stereocenters. The first-order chi connectivity index (χ1) is 16.0. The van der Waals surface area contributed by atoms with E-state index in [1.54, 1.807) is 18.2 Å². The van der Waals surface area contributed by atoms with E-state index in [4.69, 9.17) is 16.6 Å². The molecule has 1 amide bonds. The van der Waals surface area contributed by atoms with Crippen LogP contribution in [0, 0.1) is 5.82 Å². The number of carbonyl (C=O) groups excluding carboxylic acids is 1. The van der Waals surface area contributed by atoms with Gasteiger partial charge >= 0.3 is 0 Å². The van der Waals surface area contributed by atoms with Gasteiger partial charge in [0.15, 0.2) is 0 Å². The molecule has 0 fully saturated rings. The summed E-state index contributed by atoms with van der Waals surface area (Å²) in [5, 5.41) is 3.68. The van der Waals surface area contributed by atoms with Gasteiger partial charge in [-0.15, -0.1) is 0 Å². The maximum absolute atomic E-state index is 14.1. The van der Waals surface area contributed by atoms with Gasteiger partial charge in [-0.1, -0.05) is 73.1 Å². The number of carbonyl (C=O) groups is 1. The molecule has 1 unspecified atom stereocenters. The summed E-state index contributed by atoms with van der Waals surface area (Å²) in [4.78, 5) is 18.5. The third-order valence-corrected chi connectivity index (χ3v) is 5.96. The molecule has 0 saturated heterocycles. The fourth-order valence-electron chi connectivity index (χ4n) is 4.01. The predicted octanol–water partition coefficient (Wildman–Crippen LogP) is 6.91. The lowest BCUT2D eigenvalue weighted by Gasteiger charge is -2.19. The van der Waals surface area contributed by atoms with Crippen LogP contribution in [0.3, 0.4) is 0 Å². The van der Waals surface area contributed by atoms with Crippen LogP contribution >= 0.6 is 11.6 Å². The van der Waals surface area contributed by atoms with Crippen molar-refractivity contribution in [3.05, 3.63) is 101 Å². The molecule has 1 heterocycles. The van der Waals surface area contributed by atoms with Crippen LogP contribution < -0.4 is 5.32 Å². The Labute approximate surface area is 198 Å². The second-order valence-corrected chi connectivity index (χ2v) is 8.12. The zero-order valence-electron chi connectivity index (χ0n) is 18.6. The third-order valence-electron chi connectivity index (χ3n) is 5.63. The minimum Gasteiger partial charge on any atom is -0.344 e. The molecule has 0 aliphatic carbocycles. The van der Waals surface area contributed by atoms with Crippen LogP contribution in [0.25, 0.3) is 22.6 Å². The molecular formula is C27H25ClFN3O. The fraction of sp³-hybridized carbons (Fsp3) is 0.185. The van der Waals surface area contributed by atoms with Crippen LogP contribution in [0.15, 0.2) is 78.9 Å². The van der Waals surface area contributed by atoms with E-state index in [1.165, 1.54) is 12.1 Å². The number of amides is 1. The number of hydrogen-bond donors (Lipinski definition) is 1. The molecule has 0 saturated carbocycles. The number of nitrogens with zero attached hydrogens (tertiary/aromatic N) is 2. The normalized spacial score (nSPS) is 11.9. The molecule has 4 aromatic rings. The summed E-state index contributed by atoms with van der Waals surface area (Å²) in [6.07, 6.45) is 0.725. The first-order valence-corrected chi connectivity index (χ1v) is 11.4. The highest BCUT2D eigenvalue weighted by molar-refractivity contribution is 6.33. The van der Waals surface area contributed by atoms with Crippen molar-refractivity contribution >= 4 is 17.5 Å². The molecule has 4 rings (SSSR count). The molecule has 0 spiro atoms. The number of nitrogens with one attached hydrogen (secondary N) is 1. The topological polar surface area (TPSA) is 46.9 Å².